The number of nitrogens with zero attached hydrogens (tertiary/aromatic N) is 3. The Kier molecular flexibility index (Phi) is 5.66. The predicted octanol–water partition coefficient (Wildman–Crippen LogP) is 1.56. The quantitative estimate of drug-likeness (QED) is 0.745. The van der Waals surface area contributed by atoms with Crippen molar-refractivity contribution in [1.82, 2.24) is 14.1 Å². The van der Waals surface area contributed by atoms with Gasteiger partial charge in [-0.05, 0) is 37.3 Å². The van der Waals surface area contributed by atoms with Gasteiger partial charge in [-0.25, -0.2) is 8.42 Å². The third kappa shape index (κ3) is 4.05. The number of sulfonamides is 1. The van der Waals surface area contributed by atoms with Gasteiger partial charge in [0.2, 0.25) is 15.9 Å². The van der Waals surface area contributed by atoms with Gasteiger partial charge in [0.1, 0.15) is 6.04 Å². The van der Waals surface area contributed by atoms with Gasteiger partial charge in [-0.1, -0.05) is 31.0 Å². The molecule has 7 nitrogen and oxygen atoms in total. The highest BCUT2D eigenvalue weighted by atomic mass is 32.2. The van der Waals surface area contributed by atoms with Gasteiger partial charge in [-0.15, -0.1) is 0 Å². The lowest BCUT2D eigenvalue weighted by Crippen LogP contribution is -2.56. The molecule has 2 amide bonds. The summed E-state index contributed by atoms with van der Waals surface area (Å²) in [5.74, 6) is 0.285. The molecule has 2 heterocycles. The van der Waals surface area contributed by atoms with Gasteiger partial charge in [-0.2, -0.15) is 4.31 Å². The zero-order valence-electron chi connectivity index (χ0n) is 16.9. The molecular formula is C21H29N3O4S. The van der Waals surface area contributed by atoms with Crippen LogP contribution in [0.4, 0.5) is 0 Å². The second kappa shape index (κ2) is 8.07. The van der Waals surface area contributed by atoms with E-state index in [0.29, 0.717) is 44.1 Å². The summed E-state index contributed by atoms with van der Waals surface area (Å²) < 4.78 is 24.9. The molecule has 0 N–H and O–H groups in total. The topological polar surface area (TPSA) is 78.0 Å². The largest absolute Gasteiger partial charge is 0.338 e. The lowest BCUT2D eigenvalue weighted by molar-refractivity contribution is -0.136. The fourth-order valence-electron chi connectivity index (χ4n) is 5.15. The molecule has 1 aromatic rings. The Hall–Kier alpha value is -1.93. The Morgan fingerprint density at radius 2 is 1.62 bits per heavy atom. The maximum absolute atomic E-state index is 13.4. The molecule has 3 aliphatic rings. The SMILES string of the molecule is CS(=O)(=O)N1CCN(C(=O)C2CC3CCCCC3N2C(=O)c2ccccc2)CC1. The molecule has 8 heteroatoms. The smallest absolute Gasteiger partial charge is 0.254 e. The van der Waals surface area contributed by atoms with E-state index >= 15 is 0 Å². The molecule has 3 unspecified atom stereocenters. The number of likely N-dealkylation sites (tertiary alicyclic amines) is 1. The van der Waals surface area contributed by atoms with Crippen molar-refractivity contribution in [3.63, 3.8) is 0 Å². The highest BCUT2D eigenvalue weighted by Gasteiger charge is 2.48. The van der Waals surface area contributed by atoms with Crippen LogP contribution in [0, 0.1) is 5.92 Å². The summed E-state index contributed by atoms with van der Waals surface area (Å²) in [5, 5.41) is 0. The molecular weight excluding hydrogens is 390 g/mol. The number of carbonyl (C=O) groups excluding carboxylic acids is 2. The Balaban J connectivity index is 1.54. The van der Waals surface area contributed by atoms with Crippen LogP contribution in [-0.2, 0) is 14.8 Å². The first-order valence-electron chi connectivity index (χ1n) is 10.5. The van der Waals surface area contributed by atoms with Crippen molar-refractivity contribution in [2.24, 2.45) is 5.92 Å². The zero-order valence-corrected chi connectivity index (χ0v) is 17.7. The summed E-state index contributed by atoms with van der Waals surface area (Å²) in [6.07, 6.45) is 6.18. The van der Waals surface area contributed by atoms with Crippen LogP contribution in [0.2, 0.25) is 0 Å². The van der Waals surface area contributed by atoms with Gasteiger partial charge in [-0.3, -0.25) is 9.59 Å². The molecule has 1 aliphatic carbocycles. The second-order valence-electron chi connectivity index (χ2n) is 8.43. The molecule has 0 aromatic heterocycles. The second-order valence-corrected chi connectivity index (χ2v) is 10.4. The minimum atomic E-state index is -3.24. The van der Waals surface area contributed by atoms with E-state index in [0.717, 1.165) is 25.7 Å². The van der Waals surface area contributed by atoms with Crippen LogP contribution >= 0.6 is 0 Å². The van der Waals surface area contributed by atoms with Crippen molar-refractivity contribution in [2.45, 2.75) is 44.2 Å². The summed E-state index contributed by atoms with van der Waals surface area (Å²) in [4.78, 5) is 30.4. The molecule has 2 saturated heterocycles. The average Bonchev–Trinajstić information content (AvgIpc) is 3.12. The lowest BCUT2D eigenvalue weighted by Gasteiger charge is -2.38. The monoisotopic (exact) mass is 419 g/mol. The summed E-state index contributed by atoms with van der Waals surface area (Å²) in [6.45, 7) is 1.39. The van der Waals surface area contributed by atoms with Crippen molar-refractivity contribution < 1.29 is 18.0 Å². The zero-order chi connectivity index (χ0) is 20.6. The first kappa shape index (κ1) is 20.3. The van der Waals surface area contributed by atoms with Gasteiger partial charge in [0.05, 0.1) is 6.26 Å². The molecule has 0 bridgehead atoms. The molecule has 3 atom stereocenters. The third-order valence-corrected chi connectivity index (χ3v) is 7.95. The molecule has 1 aromatic carbocycles. The summed E-state index contributed by atoms with van der Waals surface area (Å²) in [7, 11) is -3.24. The minimum absolute atomic E-state index is 0.0307. The number of carbonyl (C=O) groups is 2. The summed E-state index contributed by atoms with van der Waals surface area (Å²) in [5.41, 5.74) is 0.624. The fraction of sp³-hybridized carbons (Fsp3) is 0.619. The third-order valence-electron chi connectivity index (χ3n) is 6.65. The molecule has 1 saturated carbocycles. The summed E-state index contributed by atoms with van der Waals surface area (Å²) in [6, 6.07) is 8.89. The predicted molar refractivity (Wildman–Crippen MR) is 110 cm³/mol. The Labute approximate surface area is 172 Å². The van der Waals surface area contributed by atoms with Gasteiger partial charge in [0.25, 0.3) is 5.91 Å². The van der Waals surface area contributed by atoms with E-state index < -0.39 is 16.1 Å². The van der Waals surface area contributed by atoms with E-state index in [2.05, 4.69) is 0 Å². The van der Waals surface area contributed by atoms with E-state index in [1.165, 1.54) is 10.6 Å². The lowest BCUT2D eigenvalue weighted by atomic mass is 9.84. The van der Waals surface area contributed by atoms with Crippen LogP contribution < -0.4 is 0 Å². The van der Waals surface area contributed by atoms with Crippen LogP contribution in [0.25, 0.3) is 0 Å². The first-order valence-corrected chi connectivity index (χ1v) is 12.3. The number of rotatable bonds is 3. The van der Waals surface area contributed by atoms with Gasteiger partial charge in [0.15, 0.2) is 0 Å². The molecule has 4 rings (SSSR count). The molecule has 158 valence electrons. The van der Waals surface area contributed by atoms with Crippen molar-refractivity contribution in [2.75, 3.05) is 32.4 Å². The van der Waals surface area contributed by atoms with E-state index in [-0.39, 0.29) is 17.9 Å². The van der Waals surface area contributed by atoms with Crippen LogP contribution in [0.3, 0.4) is 0 Å². The Morgan fingerprint density at radius 3 is 2.28 bits per heavy atom. The van der Waals surface area contributed by atoms with Gasteiger partial charge in [0, 0.05) is 37.8 Å². The minimum Gasteiger partial charge on any atom is -0.338 e. The Bertz CT molecular complexity index is 865. The first-order chi connectivity index (χ1) is 13.9. The normalized spacial score (nSPS) is 28.2. The van der Waals surface area contributed by atoms with Crippen molar-refractivity contribution in [1.29, 1.82) is 0 Å². The van der Waals surface area contributed by atoms with E-state index in [4.69, 9.17) is 0 Å². The maximum atomic E-state index is 13.4. The number of piperazine rings is 1. The fourth-order valence-corrected chi connectivity index (χ4v) is 5.98. The van der Waals surface area contributed by atoms with Gasteiger partial charge >= 0.3 is 0 Å². The van der Waals surface area contributed by atoms with Crippen LogP contribution in [0.1, 0.15) is 42.5 Å². The van der Waals surface area contributed by atoms with E-state index in [1.807, 2.05) is 35.2 Å². The number of hydrogen-bond acceptors (Lipinski definition) is 4. The van der Waals surface area contributed by atoms with Crippen LogP contribution in [-0.4, -0.2) is 78.9 Å². The molecule has 29 heavy (non-hydrogen) atoms. The van der Waals surface area contributed by atoms with E-state index in [1.54, 1.807) is 4.90 Å². The van der Waals surface area contributed by atoms with Crippen LogP contribution in [0.5, 0.6) is 0 Å². The highest BCUT2D eigenvalue weighted by Crippen LogP contribution is 2.41. The standard InChI is InChI=1S/C21H29N3O4S/c1-29(27,28)23-13-11-22(12-14-23)21(26)19-15-17-9-5-6-10-18(17)24(19)20(25)16-7-3-2-4-8-16/h2-4,7-8,17-19H,5-6,9-15H2,1H3. The van der Waals surface area contributed by atoms with E-state index in [9.17, 15) is 18.0 Å². The summed E-state index contributed by atoms with van der Waals surface area (Å²) >= 11 is 0. The van der Waals surface area contributed by atoms with Crippen molar-refractivity contribution in [3.05, 3.63) is 35.9 Å². The molecule has 3 fully saturated rings. The number of fused-ring (bicyclic) bond motifs is 1. The highest BCUT2D eigenvalue weighted by molar-refractivity contribution is 7.88. The Morgan fingerprint density at radius 1 is 0.966 bits per heavy atom. The van der Waals surface area contributed by atoms with Gasteiger partial charge < -0.3 is 9.80 Å². The van der Waals surface area contributed by atoms with Crippen molar-refractivity contribution >= 4 is 21.8 Å². The van der Waals surface area contributed by atoms with Crippen LogP contribution in [0.15, 0.2) is 30.3 Å². The maximum Gasteiger partial charge on any atom is 0.254 e. The number of hydrogen-bond donors (Lipinski definition) is 0. The molecule has 0 spiro atoms. The molecule has 0 radical (unpaired) electrons. The number of amides is 2. The number of benzene rings is 1. The van der Waals surface area contributed by atoms with Crippen molar-refractivity contribution in [3.8, 4) is 0 Å². The molecule has 2 aliphatic heterocycles. The average molecular weight is 420 g/mol.